The molecule has 16 heavy (non-hydrogen) atoms. The van der Waals surface area contributed by atoms with Gasteiger partial charge in [-0.05, 0) is 38.1 Å². The van der Waals surface area contributed by atoms with Gasteiger partial charge in [0.05, 0.1) is 0 Å². The SMILES string of the molecule is CC1CCCC1NCCCN1CCCC1=O. The molecule has 0 bridgehead atoms. The maximum Gasteiger partial charge on any atom is 0.222 e. The van der Waals surface area contributed by atoms with Gasteiger partial charge in [0.15, 0.2) is 0 Å². The van der Waals surface area contributed by atoms with Gasteiger partial charge in [-0.15, -0.1) is 0 Å². The minimum Gasteiger partial charge on any atom is -0.343 e. The van der Waals surface area contributed by atoms with E-state index in [9.17, 15) is 4.79 Å². The number of rotatable bonds is 5. The molecule has 1 aliphatic heterocycles. The van der Waals surface area contributed by atoms with Crippen molar-refractivity contribution in [2.24, 2.45) is 5.92 Å². The molecule has 92 valence electrons. The van der Waals surface area contributed by atoms with Gasteiger partial charge in [0.2, 0.25) is 5.91 Å². The molecule has 1 saturated heterocycles. The molecular weight excluding hydrogens is 200 g/mol. The minimum atomic E-state index is 0.356. The highest BCUT2D eigenvalue weighted by Crippen LogP contribution is 2.24. The van der Waals surface area contributed by atoms with Crippen LogP contribution in [0.2, 0.25) is 0 Å². The third kappa shape index (κ3) is 2.97. The molecule has 0 aromatic heterocycles. The Balaban J connectivity index is 1.56. The summed E-state index contributed by atoms with van der Waals surface area (Å²) >= 11 is 0. The molecule has 1 saturated carbocycles. The van der Waals surface area contributed by atoms with Crippen LogP contribution < -0.4 is 5.32 Å². The van der Waals surface area contributed by atoms with Crippen molar-refractivity contribution in [1.29, 1.82) is 0 Å². The van der Waals surface area contributed by atoms with Crippen LogP contribution in [0.1, 0.15) is 45.4 Å². The Morgan fingerprint density at radius 1 is 1.38 bits per heavy atom. The van der Waals surface area contributed by atoms with Crippen molar-refractivity contribution >= 4 is 5.91 Å². The third-order valence-corrected chi connectivity index (χ3v) is 4.04. The first kappa shape index (κ1) is 11.9. The van der Waals surface area contributed by atoms with Crippen LogP contribution in [0.25, 0.3) is 0 Å². The molecule has 3 nitrogen and oxygen atoms in total. The lowest BCUT2D eigenvalue weighted by molar-refractivity contribution is -0.127. The zero-order valence-corrected chi connectivity index (χ0v) is 10.4. The maximum absolute atomic E-state index is 11.4. The second kappa shape index (κ2) is 5.67. The number of nitrogens with zero attached hydrogens (tertiary/aromatic N) is 1. The summed E-state index contributed by atoms with van der Waals surface area (Å²) < 4.78 is 0. The Labute approximate surface area is 98.6 Å². The highest BCUT2D eigenvalue weighted by atomic mass is 16.2. The van der Waals surface area contributed by atoms with E-state index in [0.29, 0.717) is 5.91 Å². The normalized spacial score (nSPS) is 30.3. The summed E-state index contributed by atoms with van der Waals surface area (Å²) in [5, 5.41) is 3.63. The summed E-state index contributed by atoms with van der Waals surface area (Å²) in [6.45, 7) is 5.35. The Bertz CT molecular complexity index is 242. The second-order valence-electron chi connectivity index (χ2n) is 5.31. The van der Waals surface area contributed by atoms with E-state index in [2.05, 4.69) is 12.2 Å². The fourth-order valence-electron chi connectivity index (χ4n) is 2.95. The predicted octanol–water partition coefficient (Wildman–Crippen LogP) is 1.78. The van der Waals surface area contributed by atoms with Crippen LogP contribution in [0.3, 0.4) is 0 Å². The van der Waals surface area contributed by atoms with Crippen LogP contribution in [-0.4, -0.2) is 36.5 Å². The molecule has 2 aliphatic rings. The van der Waals surface area contributed by atoms with Gasteiger partial charge in [-0.3, -0.25) is 4.79 Å². The fraction of sp³-hybridized carbons (Fsp3) is 0.923. The number of hydrogen-bond donors (Lipinski definition) is 1. The number of nitrogens with one attached hydrogen (secondary N) is 1. The molecule has 0 spiro atoms. The Morgan fingerprint density at radius 2 is 2.25 bits per heavy atom. The highest BCUT2D eigenvalue weighted by molar-refractivity contribution is 5.77. The molecular formula is C13H24N2O. The lowest BCUT2D eigenvalue weighted by Gasteiger charge is -2.19. The molecule has 1 aliphatic carbocycles. The first-order valence-electron chi connectivity index (χ1n) is 6.78. The van der Waals surface area contributed by atoms with E-state index in [-0.39, 0.29) is 0 Å². The molecule has 3 heteroatoms. The second-order valence-corrected chi connectivity index (χ2v) is 5.31. The lowest BCUT2D eigenvalue weighted by Crippen LogP contribution is -2.34. The quantitative estimate of drug-likeness (QED) is 0.722. The molecule has 2 rings (SSSR count). The molecule has 0 aromatic rings. The average Bonchev–Trinajstić information content (AvgIpc) is 2.84. The number of carbonyl (C=O) groups is 1. The number of amides is 1. The fourth-order valence-corrected chi connectivity index (χ4v) is 2.95. The van der Waals surface area contributed by atoms with Crippen molar-refractivity contribution in [2.75, 3.05) is 19.6 Å². The monoisotopic (exact) mass is 224 g/mol. The van der Waals surface area contributed by atoms with Gasteiger partial charge >= 0.3 is 0 Å². The van der Waals surface area contributed by atoms with E-state index in [1.165, 1.54) is 19.3 Å². The van der Waals surface area contributed by atoms with Gasteiger partial charge < -0.3 is 10.2 Å². The smallest absolute Gasteiger partial charge is 0.222 e. The van der Waals surface area contributed by atoms with Gasteiger partial charge in [-0.2, -0.15) is 0 Å². The maximum atomic E-state index is 11.4. The number of hydrogen-bond acceptors (Lipinski definition) is 2. The molecule has 1 heterocycles. The topological polar surface area (TPSA) is 32.3 Å². The van der Waals surface area contributed by atoms with Crippen molar-refractivity contribution in [3.8, 4) is 0 Å². The lowest BCUT2D eigenvalue weighted by atomic mass is 10.1. The zero-order valence-electron chi connectivity index (χ0n) is 10.4. The van der Waals surface area contributed by atoms with Gasteiger partial charge in [-0.25, -0.2) is 0 Å². The average molecular weight is 224 g/mol. The number of likely N-dealkylation sites (tertiary alicyclic amines) is 1. The zero-order chi connectivity index (χ0) is 11.4. The Morgan fingerprint density at radius 3 is 2.88 bits per heavy atom. The highest BCUT2D eigenvalue weighted by Gasteiger charge is 2.23. The van der Waals surface area contributed by atoms with Crippen LogP contribution in [0.5, 0.6) is 0 Å². The first-order chi connectivity index (χ1) is 7.77. The standard InChI is InChI=1S/C13H24N2O/c1-11-5-2-6-12(11)14-8-4-10-15-9-3-7-13(15)16/h11-12,14H,2-10H2,1H3. The van der Waals surface area contributed by atoms with Crippen molar-refractivity contribution < 1.29 is 4.79 Å². The molecule has 0 radical (unpaired) electrons. The molecule has 1 N–H and O–H groups in total. The summed E-state index contributed by atoms with van der Waals surface area (Å²) in [4.78, 5) is 13.4. The molecule has 0 aromatic carbocycles. The van der Waals surface area contributed by atoms with Crippen molar-refractivity contribution in [3.05, 3.63) is 0 Å². The van der Waals surface area contributed by atoms with Gasteiger partial charge in [0, 0.05) is 25.6 Å². The van der Waals surface area contributed by atoms with Crippen LogP contribution in [0, 0.1) is 5.92 Å². The summed E-state index contributed by atoms with van der Waals surface area (Å²) in [6.07, 6.45) is 7.03. The van der Waals surface area contributed by atoms with E-state index in [4.69, 9.17) is 0 Å². The molecule has 1 amide bonds. The predicted molar refractivity (Wildman–Crippen MR) is 65.2 cm³/mol. The minimum absolute atomic E-state index is 0.356. The number of carbonyl (C=O) groups excluding carboxylic acids is 1. The Kier molecular flexibility index (Phi) is 4.22. The van der Waals surface area contributed by atoms with Crippen LogP contribution in [0.4, 0.5) is 0 Å². The molecule has 2 unspecified atom stereocenters. The third-order valence-electron chi connectivity index (χ3n) is 4.04. The van der Waals surface area contributed by atoms with E-state index in [1.807, 2.05) is 4.90 Å². The van der Waals surface area contributed by atoms with E-state index >= 15 is 0 Å². The molecule has 2 fully saturated rings. The van der Waals surface area contributed by atoms with E-state index in [1.54, 1.807) is 0 Å². The Hall–Kier alpha value is -0.570. The van der Waals surface area contributed by atoms with E-state index in [0.717, 1.165) is 50.9 Å². The van der Waals surface area contributed by atoms with Crippen molar-refractivity contribution in [1.82, 2.24) is 10.2 Å². The van der Waals surface area contributed by atoms with Crippen LogP contribution in [0.15, 0.2) is 0 Å². The van der Waals surface area contributed by atoms with E-state index < -0.39 is 0 Å². The summed E-state index contributed by atoms with van der Waals surface area (Å²) in [6, 6.07) is 0.731. The van der Waals surface area contributed by atoms with Crippen molar-refractivity contribution in [2.45, 2.75) is 51.5 Å². The van der Waals surface area contributed by atoms with Crippen LogP contribution in [-0.2, 0) is 4.79 Å². The molecule has 2 atom stereocenters. The van der Waals surface area contributed by atoms with Gasteiger partial charge in [-0.1, -0.05) is 13.3 Å². The first-order valence-corrected chi connectivity index (χ1v) is 6.78. The van der Waals surface area contributed by atoms with Crippen molar-refractivity contribution in [3.63, 3.8) is 0 Å². The summed E-state index contributed by atoms with van der Waals surface area (Å²) in [5.74, 6) is 1.20. The van der Waals surface area contributed by atoms with Gasteiger partial charge in [0.25, 0.3) is 0 Å². The van der Waals surface area contributed by atoms with Gasteiger partial charge in [0.1, 0.15) is 0 Å². The summed E-state index contributed by atoms with van der Waals surface area (Å²) in [7, 11) is 0. The summed E-state index contributed by atoms with van der Waals surface area (Å²) in [5.41, 5.74) is 0. The largest absolute Gasteiger partial charge is 0.343 e. The van der Waals surface area contributed by atoms with Crippen LogP contribution >= 0.6 is 0 Å².